The first-order valence-corrected chi connectivity index (χ1v) is 4.63. The first-order chi connectivity index (χ1) is 6.66. The molecule has 0 aliphatic carbocycles. The highest BCUT2D eigenvalue weighted by Crippen LogP contribution is 2.21. The number of unbranched alkanes of at least 4 members (excludes halogenated alkanes) is 1. The van der Waals surface area contributed by atoms with E-state index in [1.807, 2.05) is 0 Å². The van der Waals surface area contributed by atoms with E-state index in [1.54, 1.807) is 6.07 Å². The second-order valence-electron chi connectivity index (χ2n) is 3.14. The lowest BCUT2D eigenvalue weighted by molar-refractivity contribution is 0.0992. The molecule has 0 saturated carbocycles. The van der Waals surface area contributed by atoms with Crippen LogP contribution in [0.1, 0.15) is 35.8 Å². The van der Waals surface area contributed by atoms with Gasteiger partial charge in [-0.05, 0) is 24.5 Å². The quantitative estimate of drug-likeness (QED) is 0.756. The van der Waals surface area contributed by atoms with Crippen molar-refractivity contribution >= 4 is 5.91 Å². The average Bonchev–Trinajstić information content (AvgIpc) is 2.16. The third kappa shape index (κ3) is 2.22. The van der Waals surface area contributed by atoms with Crippen LogP contribution < -0.4 is 5.73 Å². The predicted octanol–water partition coefficient (Wildman–Crippen LogP) is 1.23. The van der Waals surface area contributed by atoms with Crippen LogP contribution in [0.4, 0.5) is 0 Å². The molecule has 0 unspecified atom stereocenters. The van der Waals surface area contributed by atoms with Crippen molar-refractivity contribution in [2.75, 3.05) is 0 Å². The summed E-state index contributed by atoms with van der Waals surface area (Å²) in [5, 5.41) is 9.62. The molecule has 3 N–H and O–H groups in total. The second kappa shape index (κ2) is 4.60. The Bertz CT molecular complexity index is 337. The number of primary amides is 1. The zero-order chi connectivity index (χ0) is 10.6. The van der Waals surface area contributed by atoms with Gasteiger partial charge in [0.1, 0.15) is 5.75 Å². The van der Waals surface area contributed by atoms with Crippen LogP contribution in [0.25, 0.3) is 0 Å². The summed E-state index contributed by atoms with van der Waals surface area (Å²) in [5.74, 6) is -0.769. The Hall–Kier alpha value is -1.58. The van der Waals surface area contributed by atoms with Crippen molar-refractivity contribution in [1.82, 2.24) is 4.98 Å². The number of aromatic hydroxyl groups is 1. The minimum absolute atomic E-state index is 0.0430. The molecule has 0 saturated heterocycles. The van der Waals surface area contributed by atoms with Gasteiger partial charge in [-0.2, -0.15) is 0 Å². The maximum absolute atomic E-state index is 10.8. The van der Waals surface area contributed by atoms with Crippen molar-refractivity contribution in [3.63, 3.8) is 0 Å². The van der Waals surface area contributed by atoms with Crippen LogP contribution in [0.15, 0.2) is 12.3 Å². The Balaban J connectivity index is 2.95. The summed E-state index contributed by atoms with van der Waals surface area (Å²) in [4.78, 5) is 14.6. The minimum atomic E-state index is -0.694. The van der Waals surface area contributed by atoms with Crippen LogP contribution in [0.5, 0.6) is 5.75 Å². The summed E-state index contributed by atoms with van der Waals surface area (Å²) in [6.45, 7) is 2.06. The van der Waals surface area contributed by atoms with E-state index >= 15 is 0 Å². The highest BCUT2D eigenvalue weighted by atomic mass is 16.3. The van der Waals surface area contributed by atoms with Crippen LogP contribution >= 0.6 is 0 Å². The van der Waals surface area contributed by atoms with E-state index in [9.17, 15) is 9.90 Å². The van der Waals surface area contributed by atoms with Crippen molar-refractivity contribution in [2.45, 2.75) is 26.2 Å². The van der Waals surface area contributed by atoms with Crippen LogP contribution in [0, 0.1) is 0 Å². The zero-order valence-corrected chi connectivity index (χ0v) is 8.16. The Morgan fingerprint density at radius 1 is 1.64 bits per heavy atom. The second-order valence-corrected chi connectivity index (χ2v) is 3.14. The van der Waals surface area contributed by atoms with E-state index < -0.39 is 5.91 Å². The van der Waals surface area contributed by atoms with E-state index in [4.69, 9.17) is 5.73 Å². The molecule has 14 heavy (non-hydrogen) atoms. The van der Waals surface area contributed by atoms with E-state index in [2.05, 4.69) is 11.9 Å². The lowest BCUT2D eigenvalue weighted by Crippen LogP contribution is -2.13. The number of aromatic nitrogens is 1. The molecule has 0 fully saturated rings. The fourth-order valence-electron chi connectivity index (χ4n) is 1.24. The Morgan fingerprint density at radius 3 is 2.93 bits per heavy atom. The monoisotopic (exact) mass is 194 g/mol. The highest BCUT2D eigenvalue weighted by Gasteiger charge is 2.12. The smallest absolute Gasteiger partial charge is 0.271 e. The molecule has 0 atom stereocenters. The third-order valence-corrected chi connectivity index (χ3v) is 2.04. The fourth-order valence-corrected chi connectivity index (χ4v) is 1.24. The molecule has 1 amide bonds. The van der Waals surface area contributed by atoms with Crippen molar-refractivity contribution in [3.05, 3.63) is 23.5 Å². The van der Waals surface area contributed by atoms with Gasteiger partial charge in [-0.15, -0.1) is 0 Å². The fraction of sp³-hybridized carbons (Fsp3) is 0.400. The molecule has 0 bridgehead atoms. The highest BCUT2D eigenvalue weighted by molar-refractivity contribution is 5.93. The van der Waals surface area contributed by atoms with Gasteiger partial charge < -0.3 is 10.8 Å². The number of rotatable bonds is 4. The SMILES string of the molecule is CCCCc1ccnc(C(N)=O)c1O. The van der Waals surface area contributed by atoms with Crippen molar-refractivity contribution < 1.29 is 9.90 Å². The van der Waals surface area contributed by atoms with Crippen molar-refractivity contribution in [2.24, 2.45) is 5.73 Å². The first-order valence-electron chi connectivity index (χ1n) is 4.63. The lowest BCUT2D eigenvalue weighted by Gasteiger charge is -2.05. The Labute approximate surface area is 82.8 Å². The maximum atomic E-state index is 10.8. The van der Waals surface area contributed by atoms with Gasteiger partial charge >= 0.3 is 0 Å². The molecule has 1 aromatic heterocycles. The number of nitrogens with two attached hydrogens (primary N) is 1. The topological polar surface area (TPSA) is 76.2 Å². The number of nitrogens with zero attached hydrogens (tertiary/aromatic N) is 1. The number of carbonyl (C=O) groups excluding carboxylic acids is 1. The molecular weight excluding hydrogens is 180 g/mol. The van der Waals surface area contributed by atoms with Gasteiger partial charge in [-0.1, -0.05) is 13.3 Å². The number of carbonyl (C=O) groups is 1. The number of amides is 1. The van der Waals surface area contributed by atoms with Crippen LogP contribution in [-0.4, -0.2) is 16.0 Å². The average molecular weight is 194 g/mol. The Kier molecular flexibility index (Phi) is 3.45. The van der Waals surface area contributed by atoms with Gasteiger partial charge in [0.2, 0.25) is 0 Å². The van der Waals surface area contributed by atoms with E-state index in [1.165, 1.54) is 6.20 Å². The molecule has 4 nitrogen and oxygen atoms in total. The molecule has 4 heteroatoms. The molecule has 0 spiro atoms. The number of hydrogen-bond acceptors (Lipinski definition) is 3. The molecule has 0 aliphatic rings. The predicted molar refractivity (Wildman–Crippen MR) is 53.0 cm³/mol. The summed E-state index contributed by atoms with van der Waals surface area (Å²) in [6.07, 6.45) is 4.24. The molecule has 0 aliphatic heterocycles. The van der Waals surface area contributed by atoms with Crippen LogP contribution in [0.2, 0.25) is 0 Å². The zero-order valence-electron chi connectivity index (χ0n) is 8.16. The molecule has 76 valence electrons. The van der Waals surface area contributed by atoms with E-state index in [-0.39, 0.29) is 11.4 Å². The Morgan fingerprint density at radius 2 is 2.36 bits per heavy atom. The molecule has 0 aromatic carbocycles. The summed E-state index contributed by atoms with van der Waals surface area (Å²) in [7, 11) is 0. The largest absolute Gasteiger partial charge is 0.505 e. The van der Waals surface area contributed by atoms with Crippen molar-refractivity contribution in [3.8, 4) is 5.75 Å². The molecule has 1 aromatic rings. The summed E-state index contributed by atoms with van der Waals surface area (Å²) >= 11 is 0. The van der Waals surface area contributed by atoms with Crippen molar-refractivity contribution in [1.29, 1.82) is 0 Å². The molecule has 1 heterocycles. The molecule has 1 rings (SSSR count). The normalized spacial score (nSPS) is 10.1. The third-order valence-electron chi connectivity index (χ3n) is 2.04. The summed E-state index contributed by atoms with van der Waals surface area (Å²) in [6, 6.07) is 1.71. The standard InChI is InChI=1S/C10H14N2O2/c1-2-3-4-7-5-6-12-8(9(7)13)10(11)14/h5-6,13H,2-4H2,1H3,(H2,11,14). The molecular formula is C10H14N2O2. The van der Waals surface area contributed by atoms with Gasteiger partial charge in [-0.25, -0.2) is 4.98 Å². The molecule has 0 radical (unpaired) electrons. The number of pyridine rings is 1. The van der Waals surface area contributed by atoms with E-state index in [0.717, 1.165) is 24.8 Å². The first kappa shape index (κ1) is 10.5. The van der Waals surface area contributed by atoms with Gasteiger partial charge in [0.05, 0.1) is 0 Å². The maximum Gasteiger partial charge on any atom is 0.271 e. The number of hydrogen-bond donors (Lipinski definition) is 2. The minimum Gasteiger partial charge on any atom is -0.505 e. The lowest BCUT2D eigenvalue weighted by atomic mass is 10.1. The van der Waals surface area contributed by atoms with Gasteiger partial charge in [0, 0.05) is 6.20 Å². The number of aryl methyl sites for hydroxylation is 1. The van der Waals surface area contributed by atoms with Gasteiger partial charge in [-0.3, -0.25) is 4.79 Å². The summed E-state index contributed by atoms with van der Waals surface area (Å²) in [5.41, 5.74) is 5.74. The van der Waals surface area contributed by atoms with Crippen LogP contribution in [-0.2, 0) is 6.42 Å². The van der Waals surface area contributed by atoms with Crippen LogP contribution in [0.3, 0.4) is 0 Å². The summed E-state index contributed by atoms with van der Waals surface area (Å²) < 4.78 is 0. The van der Waals surface area contributed by atoms with E-state index in [0.29, 0.717) is 0 Å². The van der Waals surface area contributed by atoms with Gasteiger partial charge in [0.15, 0.2) is 5.69 Å². The van der Waals surface area contributed by atoms with Gasteiger partial charge in [0.25, 0.3) is 5.91 Å².